The maximum atomic E-state index is 13.6. The van der Waals surface area contributed by atoms with Crippen LogP contribution in [0.5, 0.6) is 0 Å². The quantitative estimate of drug-likeness (QED) is 0.506. The van der Waals surface area contributed by atoms with E-state index >= 15 is 0 Å². The van der Waals surface area contributed by atoms with E-state index in [4.69, 9.17) is 9.47 Å². The molecule has 2 fully saturated rings. The Morgan fingerprint density at radius 2 is 2.11 bits per heavy atom. The summed E-state index contributed by atoms with van der Waals surface area (Å²) in [6.07, 6.45) is 3.22. The van der Waals surface area contributed by atoms with Gasteiger partial charge in [0.1, 0.15) is 17.6 Å². The predicted octanol–water partition coefficient (Wildman–Crippen LogP) is 4.17. The Kier molecular flexibility index (Phi) is 6.92. The molecule has 0 aliphatic carbocycles. The van der Waals surface area contributed by atoms with Gasteiger partial charge in [0.25, 0.3) is 5.91 Å². The fourth-order valence-electron chi connectivity index (χ4n) is 4.65. The molecule has 2 aromatic rings. The maximum Gasteiger partial charge on any atom is 0.421 e. The van der Waals surface area contributed by atoms with E-state index in [2.05, 4.69) is 25.5 Å². The van der Waals surface area contributed by atoms with Crippen LogP contribution in [0.15, 0.2) is 49.2 Å². The van der Waals surface area contributed by atoms with Crippen LogP contribution in [0.2, 0.25) is 0 Å². The van der Waals surface area contributed by atoms with Crippen molar-refractivity contribution < 1.29 is 27.4 Å². The van der Waals surface area contributed by atoms with E-state index in [1.807, 2.05) is 25.1 Å². The third kappa shape index (κ3) is 5.63. The van der Waals surface area contributed by atoms with E-state index < -0.39 is 11.7 Å². The third-order valence-electron chi connectivity index (χ3n) is 6.54. The van der Waals surface area contributed by atoms with Gasteiger partial charge in [-0.05, 0) is 43.5 Å². The van der Waals surface area contributed by atoms with Gasteiger partial charge < -0.3 is 29.9 Å². The monoisotopic (exact) mass is 516 g/mol. The lowest BCUT2D eigenvalue weighted by Gasteiger charge is -2.29. The Balaban J connectivity index is 1.26. The zero-order valence-corrected chi connectivity index (χ0v) is 20.2. The number of amides is 1. The fourth-order valence-corrected chi connectivity index (χ4v) is 4.65. The highest BCUT2D eigenvalue weighted by atomic mass is 19.4. The Morgan fingerprint density at radius 3 is 2.84 bits per heavy atom. The minimum Gasteiger partial charge on any atom is -0.471 e. The molecule has 0 unspecified atom stereocenters. The van der Waals surface area contributed by atoms with Gasteiger partial charge in [-0.3, -0.25) is 4.79 Å². The number of ether oxygens (including phenoxy) is 2. The minimum atomic E-state index is -4.62. The molecule has 2 bridgehead atoms. The molecule has 9 nitrogen and oxygen atoms in total. The first-order valence-electron chi connectivity index (χ1n) is 12.0. The Hall–Kier alpha value is -3.80. The summed E-state index contributed by atoms with van der Waals surface area (Å²) in [5.74, 6) is -0.550. The number of hydrogen-bond acceptors (Lipinski definition) is 8. The molecule has 1 amide bonds. The van der Waals surface area contributed by atoms with Crippen molar-refractivity contribution in [1.29, 1.82) is 0 Å². The lowest BCUT2D eigenvalue weighted by atomic mass is 10.1. The van der Waals surface area contributed by atoms with Gasteiger partial charge in [-0.15, -0.1) is 0 Å². The fraction of sp³-hybridized carbons (Fsp3) is 0.400. The van der Waals surface area contributed by atoms with Crippen molar-refractivity contribution in [2.45, 2.75) is 38.1 Å². The number of aromatic nitrogens is 2. The van der Waals surface area contributed by atoms with E-state index in [1.54, 1.807) is 0 Å². The van der Waals surface area contributed by atoms with Gasteiger partial charge in [0.15, 0.2) is 0 Å². The van der Waals surface area contributed by atoms with Crippen LogP contribution in [-0.2, 0) is 20.4 Å². The van der Waals surface area contributed by atoms with Crippen LogP contribution in [0, 0.1) is 6.92 Å². The van der Waals surface area contributed by atoms with Crippen molar-refractivity contribution >= 4 is 29.0 Å². The van der Waals surface area contributed by atoms with E-state index in [0.29, 0.717) is 24.7 Å². The number of alkyl halides is 3. The van der Waals surface area contributed by atoms with Crippen molar-refractivity contribution in [2.75, 3.05) is 41.8 Å². The number of rotatable bonds is 8. The molecule has 2 N–H and O–H groups in total. The number of hydrogen-bond donors (Lipinski definition) is 2. The van der Waals surface area contributed by atoms with E-state index in [-0.39, 0.29) is 30.3 Å². The number of morpholine rings is 1. The van der Waals surface area contributed by atoms with Gasteiger partial charge in [-0.2, -0.15) is 18.2 Å². The second-order valence-corrected chi connectivity index (χ2v) is 9.11. The van der Waals surface area contributed by atoms with Gasteiger partial charge in [0.05, 0.1) is 25.0 Å². The normalized spacial score (nSPS) is 20.8. The molecule has 3 aliphatic heterocycles. The number of aryl methyl sites for hydroxylation is 1. The average Bonchev–Trinajstić information content (AvgIpc) is 3.44. The summed E-state index contributed by atoms with van der Waals surface area (Å²) < 4.78 is 51.4. The number of carbonyl (C=O) groups excluding carboxylic acids is 1. The van der Waals surface area contributed by atoms with E-state index in [1.165, 1.54) is 29.7 Å². The molecule has 0 radical (unpaired) electrons. The van der Waals surface area contributed by atoms with Crippen molar-refractivity contribution in [3.8, 4) is 0 Å². The second-order valence-electron chi connectivity index (χ2n) is 9.11. The van der Waals surface area contributed by atoms with Crippen LogP contribution in [0.4, 0.5) is 36.3 Å². The van der Waals surface area contributed by atoms with Crippen LogP contribution in [0.1, 0.15) is 24.0 Å². The number of carbonyl (C=O) groups is 1. The van der Waals surface area contributed by atoms with Crippen LogP contribution in [0.3, 0.4) is 0 Å². The molecule has 196 valence electrons. The molecule has 0 spiro atoms. The molecular formula is C25H27F3N6O3. The average molecular weight is 517 g/mol. The summed E-state index contributed by atoms with van der Waals surface area (Å²) in [4.78, 5) is 23.7. The summed E-state index contributed by atoms with van der Waals surface area (Å²) in [6.45, 7) is 3.98. The predicted molar refractivity (Wildman–Crippen MR) is 131 cm³/mol. The summed E-state index contributed by atoms with van der Waals surface area (Å²) in [6, 6.07) is 6.30. The van der Waals surface area contributed by atoms with Gasteiger partial charge in [0, 0.05) is 49.5 Å². The minimum absolute atomic E-state index is 0.0490. The highest BCUT2D eigenvalue weighted by Crippen LogP contribution is 2.36. The number of nitrogens with zero attached hydrogens (tertiary/aromatic N) is 4. The molecule has 4 heterocycles. The van der Waals surface area contributed by atoms with Gasteiger partial charge in [-0.1, -0.05) is 0 Å². The molecule has 1 aromatic heterocycles. The second kappa shape index (κ2) is 10.3. The number of anilines is 4. The lowest BCUT2D eigenvalue weighted by Crippen LogP contribution is -2.36. The van der Waals surface area contributed by atoms with E-state index in [9.17, 15) is 18.0 Å². The van der Waals surface area contributed by atoms with Gasteiger partial charge in [-0.25, -0.2) is 4.98 Å². The van der Waals surface area contributed by atoms with Crippen molar-refractivity contribution in [3.05, 3.63) is 60.3 Å². The van der Waals surface area contributed by atoms with Crippen molar-refractivity contribution in [3.63, 3.8) is 0 Å². The first-order chi connectivity index (χ1) is 17.8. The molecule has 0 saturated carbocycles. The largest absolute Gasteiger partial charge is 0.471 e. The first-order valence-corrected chi connectivity index (χ1v) is 12.0. The highest BCUT2D eigenvalue weighted by Gasteiger charge is 2.39. The van der Waals surface area contributed by atoms with Gasteiger partial charge in [0.2, 0.25) is 5.95 Å². The van der Waals surface area contributed by atoms with Crippen molar-refractivity contribution in [1.82, 2.24) is 14.9 Å². The van der Waals surface area contributed by atoms with Crippen LogP contribution in [0.25, 0.3) is 0 Å². The molecule has 1 aromatic carbocycles. The topological polar surface area (TPSA) is 91.9 Å². The van der Waals surface area contributed by atoms with Crippen LogP contribution < -0.4 is 15.5 Å². The summed E-state index contributed by atoms with van der Waals surface area (Å²) in [5.41, 5.74) is 1.76. The molecular weight excluding hydrogens is 489 g/mol. The molecule has 37 heavy (non-hydrogen) atoms. The van der Waals surface area contributed by atoms with Gasteiger partial charge >= 0.3 is 6.18 Å². The molecule has 5 rings (SSSR count). The molecule has 2 saturated heterocycles. The smallest absolute Gasteiger partial charge is 0.421 e. The Bertz CT molecular complexity index is 1220. The standard InChI is InChI=1S/C25H27F3N6O3/c1-16-11-17(34-14-19-12-18(34)15-37-19)3-4-21(16)31-24-30-13-20(25(26,27)28)23(32-24)29-6-2-7-33-8-10-36-9-5-22(33)35/h3-5,8-11,13,18-19H,2,6-7,12,14-15H2,1H3,(H2,29,30,31,32)/t18-,19-/m1/s1. The zero-order valence-electron chi connectivity index (χ0n) is 20.2. The molecule has 12 heteroatoms. The number of nitrogens with one attached hydrogen (secondary N) is 2. The van der Waals surface area contributed by atoms with Crippen LogP contribution >= 0.6 is 0 Å². The molecule has 3 aliphatic rings. The number of halogens is 3. The SMILES string of the molecule is Cc1cc(N2C[C@H]3C[C@@H]2CO3)ccc1Nc1ncc(C(F)(F)F)c(NCCCN2C=COC=CC2=O)n1. The Labute approximate surface area is 212 Å². The Morgan fingerprint density at radius 1 is 1.24 bits per heavy atom. The zero-order chi connectivity index (χ0) is 26.0. The summed E-state index contributed by atoms with van der Waals surface area (Å²) in [5, 5.41) is 5.79. The van der Waals surface area contributed by atoms with E-state index in [0.717, 1.165) is 37.0 Å². The number of fused-ring (bicyclic) bond motifs is 2. The summed E-state index contributed by atoms with van der Waals surface area (Å²) in [7, 11) is 0. The van der Waals surface area contributed by atoms with Crippen molar-refractivity contribution in [2.24, 2.45) is 0 Å². The number of benzene rings is 1. The third-order valence-corrected chi connectivity index (χ3v) is 6.54. The first kappa shape index (κ1) is 24.9. The highest BCUT2D eigenvalue weighted by molar-refractivity contribution is 5.88. The van der Waals surface area contributed by atoms with Crippen LogP contribution in [-0.4, -0.2) is 59.2 Å². The lowest BCUT2D eigenvalue weighted by molar-refractivity contribution is -0.137. The maximum absolute atomic E-state index is 13.6. The molecule has 2 atom stereocenters. The summed E-state index contributed by atoms with van der Waals surface area (Å²) >= 11 is 0.